The number of rotatable bonds is 2. The molecule has 0 bridgehead atoms. The van der Waals surface area contributed by atoms with E-state index in [1.165, 1.54) is 6.42 Å². The van der Waals surface area contributed by atoms with Crippen molar-refractivity contribution in [3.63, 3.8) is 0 Å². The Kier molecular flexibility index (Phi) is 2.89. The van der Waals surface area contributed by atoms with Crippen molar-refractivity contribution in [1.82, 2.24) is 0 Å². The Morgan fingerprint density at radius 1 is 1.42 bits per heavy atom. The third-order valence-electron chi connectivity index (χ3n) is 2.39. The van der Waals surface area contributed by atoms with E-state index in [1.54, 1.807) is 0 Å². The van der Waals surface area contributed by atoms with Crippen molar-refractivity contribution in [2.45, 2.75) is 25.7 Å². The summed E-state index contributed by atoms with van der Waals surface area (Å²) in [6, 6.07) is 0. The van der Waals surface area contributed by atoms with Gasteiger partial charge in [-0.15, -0.1) is 0 Å². The van der Waals surface area contributed by atoms with Gasteiger partial charge >= 0.3 is 0 Å². The van der Waals surface area contributed by atoms with Crippen LogP contribution in [0.3, 0.4) is 0 Å². The largest absolute Gasteiger partial charge is 0.331 e. The summed E-state index contributed by atoms with van der Waals surface area (Å²) >= 11 is 0. The van der Waals surface area contributed by atoms with Crippen LogP contribution in [0.1, 0.15) is 25.7 Å². The quantitative estimate of drug-likeness (QED) is 0.573. The maximum atomic E-state index is 11.2. The standard InChI is InChI=1S/C10H20NO/c1-11(2,3)8-9-5-4-6-10(12)7-9/h9H,4-8H2,1-3H3/q+1/t9-/m0/s1. The second kappa shape index (κ2) is 3.56. The van der Waals surface area contributed by atoms with Gasteiger partial charge in [0.2, 0.25) is 0 Å². The smallest absolute Gasteiger partial charge is 0.133 e. The van der Waals surface area contributed by atoms with Crippen LogP contribution in [-0.2, 0) is 4.79 Å². The average Bonchev–Trinajstić information content (AvgIpc) is 1.82. The Morgan fingerprint density at radius 3 is 2.58 bits per heavy atom. The second-order valence-corrected chi connectivity index (χ2v) is 4.97. The van der Waals surface area contributed by atoms with Crippen molar-refractivity contribution in [2.75, 3.05) is 27.7 Å². The molecule has 0 amide bonds. The molecule has 0 aromatic heterocycles. The van der Waals surface area contributed by atoms with Crippen molar-refractivity contribution in [2.24, 2.45) is 5.92 Å². The predicted molar refractivity (Wildman–Crippen MR) is 49.9 cm³/mol. The van der Waals surface area contributed by atoms with Crippen molar-refractivity contribution in [1.29, 1.82) is 0 Å². The van der Waals surface area contributed by atoms with Crippen molar-refractivity contribution >= 4 is 5.78 Å². The Hall–Kier alpha value is -0.370. The van der Waals surface area contributed by atoms with Gasteiger partial charge in [-0.05, 0) is 12.8 Å². The summed E-state index contributed by atoms with van der Waals surface area (Å²) in [5, 5.41) is 0. The van der Waals surface area contributed by atoms with Gasteiger partial charge < -0.3 is 4.48 Å². The number of quaternary nitrogens is 1. The molecule has 0 spiro atoms. The SMILES string of the molecule is C[N+](C)(C)C[C@H]1CCCC(=O)C1. The summed E-state index contributed by atoms with van der Waals surface area (Å²) in [5.74, 6) is 1.12. The maximum Gasteiger partial charge on any atom is 0.133 e. The van der Waals surface area contributed by atoms with Gasteiger partial charge in [0, 0.05) is 18.8 Å². The molecular weight excluding hydrogens is 150 g/mol. The van der Waals surface area contributed by atoms with E-state index in [0.29, 0.717) is 11.7 Å². The number of Topliss-reactive ketones (excluding diaryl/α,β-unsaturated/α-hetero) is 1. The van der Waals surface area contributed by atoms with Crippen LogP contribution in [0.15, 0.2) is 0 Å². The van der Waals surface area contributed by atoms with Gasteiger partial charge in [-0.25, -0.2) is 0 Å². The minimum Gasteiger partial charge on any atom is -0.331 e. The minimum absolute atomic E-state index is 0.472. The summed E-state index contributed by atoms with van der Waals surface area (Å²) in [7, 11) is 6.58. The lowest BCUT2D eigenvalue weighted by molar-refractivity contribution is -0.873. The molecule has 1 aliphatic rings. The topological polar surface area (TPSA) is 17.1 Å². The molecule has 1 fully saturated rings. The summed E-state index contributed by atoms with van der Waals surface area (Å²) in [6.45, 7) is 1.14. The lowest BCUT2D eigenvalue weighted by atomic mass is 9.88. The molecule has 1 rings (SSSR count). The molecular formula is C10H20NO+. The van der Waals surface area contributed by atoms with Gasteiger partial charge in [0.25, 0.3) is 0 Å². The van der Waals surface area contributed by atoms with Gasteiger partial charge in [-0.1, -0.05) is 0 Å². The molecule has 1 saturated carbocycles. The lowest BCUT2D eigenvalue weighted by Gasteiger charge is -2.30. The fourth-order valence-corrected chi connectivity index (χ4v) is 2.04. The monoisotopic (exact) mass is 170 g/mol. The van der Waals surface area contributed by atoms with Crippen molar-refractivity contribution in [3.8, 4) is 0 Å². The van der Waals surface area contributed by atoms with E-state index in [-0.39, 0.29) is 0 Å². The molecule has 0 aliphatic heterocycles. The zero-order valence-electron chi connectivity index (χ0n) is 8.47. The van der Waals surface area contributed by atoms with E-state index in [1.807, 2.05) is 0 Å². The first kappa shape index (κ1) is 9.72. The molecule has 2 nitrogen and oxygen atoms in total. The van der Waals surface area contributed by atoms with Crippen LogP contribution < -0.4 is 0 Å². The van der Waals surface area contributed by atoms with Gasteiger partial charge in [-0.3, -0.25) is 4.79 Å². The summed E-state index contributed by atoms with van der Waals surface area (Å²) in [6.07, 6.45) is 4.02. The molecule has 0 N–H and O–H groups in total. The summed E-state index contributed by atoms with van der Waals surface area (Å²) in [5.41, 5.74) is 0. The zero-order valence-corrected chi connectivity index (χ0v) is 8.47. The van der Waals surface area contributed by atoms with Crippen LogP contribution in [0.25, 0.3) is 0 Å². The molecule has 0 heterocycles. The molecule has 12 heavy (non-hydrogen) atoms. The molecule has 70 valence electrons. The highest BCUT2D eigenvalue weighted by molar-refractivity contribution is 5.79. The van der Waals surface area contributed by atoms with E-state index in [4.69, 9.17) is 0 Å². The fraction of sp³-hybridized carbons (Fsp3) is 0.900. The number of hydrogen-bond acceptors (Lipinski definition) is 1. The van der Waals surface area contributed by atoms with Crippen molar-refractivity contribution in [3.05, 3.63) is 0 Å². The first-order valence-electron chi connectivity index (χ1n) is 4.79. The van der Waals surface area contributed by atoms with Gasteiger partial charge in [0.1, 0.15) is 5.78 Å². The molecule has 1 aliphatic carbocycles. The van der Waals surface area contributed by atoms with Crippen LogP contribution in [0.4, 0.5) is 0 Å². The van der Waals surface area contributed by atoms with E-state index in [0.717, 1.165) is 30.3 Å². The van der Waals surface area contributed by atoms with E-state index < -0.39 is 0 Å². The third kappa shape index (κ3) is 3.35. The Labute approximate surface area is 75.1 Å². The average molecular weight is 170 g/mol. The number of nitrogens with zero attached hydrogens (tertiary/aromatic N) is 1. The molecule has 0 aromatic carbocycles. The number of carbonyl (C=O) groups is 1. The Bertz CT molecular complexity index is 169. The Morgan fingerprint density at radius 2 is 2.08 bits per heavy atom. The zero-order chi connectivity index (χ0) is 9.19. The Balaban J connectivity index is 2.37. The van der Waals surface area contributed by atoms with E-state index in [2.05, 4.69) is 21.1 Å². The number of ketones is 1. The predicted octanol–water partition coefficient (Wildman–Crippen LogP) is 1.45. The normalized spacial score (nSPS) is 25.9. The van der Waals surface area contributed by atoms with Crippen LogP contribution in [0.5, 0.6) is 0 Å². The third-order valence-corrected chi connectivity index (χ3v) is 2.39. The van der Waals surface area contributed by atoms with Gasteiger partial charge in [0.05, 0.1) is 27.7 Å². The maximum absolute atomic E-state index is 11.2. The van der Waals surface area contributed by atoms with Crippen LogP contribution in [0.2, 0.25) is 0 Å². The lowest BCUT2D eigenvalue weighted by Crippen LogP contribution is -2.40. The van der Waals surface area contributed by atoms with Crippen LogP contribution >= 0.6 is 0 Å². The number of carbonyl (C=O) groups excluding carboxylic acids is 1. The minimum atomic E-state index is 0.472. The van der Waals surface area contributed by atoms with Crippen LogP contribution in [0, 0.1) is 5.92 Å². The number of hydrogen-bond donors (Lipinski definition) is 0. The highest BCUT2D eigenvalue weighted by atomic mass is 16.1. The molecule has 0 unspecified atom stereocenters. The molecule has 0 aromatic rings. The van der Waals surface area contributed by atoms with Gasteiger partial charge in [-0.2, -0.15) is 0 Å². The first-order chi connectivity index (χ1) is 5.47. The van der Waals surface area contributed by atoms with E-state index >= 15 is 0 Å². The molecule has 2 heteroatoms. The van der Waals surface area contributed by atoms with Crippen molar-refractivity contribution < 1.29 is 9.28 Å². The second-order valence-electron chi connectivity index (χ2n) is 4.97. The van der Waals surface area contributed by atoms with Gasteiger partial charge in [0.15, 0.2) is 0 Å². The summed E-state index contributed by atoms with van der Waals surface area (Å²) in [4.78, 5) is 11.2. The van der Waals surface area contributed by atoms with E-state index in [9.17, 15) is 4.79 Å². The molecule has 1 atom stereocenters. The first-order valence-corrected chi connectivity index (χ1v) is 4.79. The highest BCUT2D eigenvalue weighted by Gasteiger charge is 2.24. The summed E-state index contributed by atoms with van der Waals surface area (Å²) < 4.78 is 0.984. The highest BCUT2D eigenvalue weighted by Crippen LogP contribution is 2.22. The molecule has 0 radical (unpaired) electrons. The van der Waals surface area contributed by atoms with Crippen LogP contribution in [-0.4, -0.2) is 38.0 Å². The fourth-order valence-electron chi connectivity index (χ4n) is 2.04. The molecule has 0 saturated heterocycles.